The molecule has 0 radical (unpaired) electrons. The average molecular weight is 363 g/mol. The number of para-hydroxylation sites is 2. The second kappa shape index (κ2) is 6.03. The zero-order valence-electron chi connectivity index (χ0n) is 11.9. The van der Waals surface area contributed by atoms with E-state index in [-0.39, 0.29) is 5.76 Å². The van der Waals surface area contributed by atoms with Crippen LogP contribution in [0.4, 0.5) is 0 Å². The number of halogens is 1. The van der Waals surface area contributed by atoms with Crippen molar-refractivity contribution in [3.8, 4) is 0 Å². The molecule has 0 spiro atoms. The minimum Gasteiger partial charge on any atom is -0.408 e. The van der Waals surface area contributed by atoms with Crippen molar-refractivity contribution >= 4 is 56.0 Å². The van der Waals surface area contributed by atoms with Crippen LogP contribution >= 0.6 is 34.7 Å². The van der Waals surface area contributed by atoms with E-state index in [9.17, 15) is 4.79 Å². The number of thioether (sulfide) groups is 1. The van der Waals surface area contributed by atoms with Crippen molar-refractivity contribution in [1.82, 2.24) is 9.55 Å². The molecule has 116 valence electrons. The molecule has 23 heavy (non-hydrogen) atoms. The number of thiazole rings is 1. The molecule has 0 bridgehead atoms. The van der Waals surface area contributed by atoms with Gasteiger partial charge >= 0.3 is 5.76 Å². The van der Waals surface area contributed by atoms with Gasteiger partial charge in [0.1, 0.15) is 0 Å². The van der Waals surface area contributed by atoms with E-state index in [0.717, 1.165) is 25.8 Å². The third kappa shape index (κ3) is 2.89. The van der Waals surface area contributed by atoms with E-state index in [2.05, 4.69) is 4.98 Å². The molecule has 4 rings (SSSR count). The van der Waals surface area contributed by atoms with Crippen LogP contribution in [0.5, 0.6) is 0 Å². The summed E-state index contributed by atoms with van der Waals surface area (Å²) in [6.07, 6.45) is 0. The predicted molar refractivity (Wildman–Crippen MR) is 95.8 cm³/mol. The molecular weight excluding hydrogens is 352 g/mol. The number of hydrogen-bond donors (Lipinski definition) is 0. The van der Waals surface area contributed by atoms with Crippen molar-refractivity contribution in [2.24, 2.45) is 0 Å². The number of aryl methyl sites for hydroxylation is 1. The van der Waals surface area contributed by atoms with Crippen LogP contribution in [-0.4, -0.2) is 15.3 Å². The summed E-state index contributed by atoms with van der Waals surface area (Å²) in [6, 6.07) is 13.2. The van der Waals surface area contributed by atoms with Crippen LogP contribution in [-0.2, 0) is 6.54 Å². The van der Waals surface area contributed by atoms with Crippen LogP contribution in [0.1, 0.15) is 0 Å². The summed E-state index contributed by atoms with van der Waals surface area (Å²) >= 11 is 9.25. The van der Waals surface area contributed by atoms with Gasteiger partial charge in [-0.3, -0.25) is 4.57 Å². The molecule has 7 heteroatoms. The van der Waals surface area contributed by atoms with E-state index in [1.54, 1.807) is 33.7 Å². The minimum atomic E-state index is -0.317. The van der Waals surface area contributed by atoms with Crippen molar-refractivity contribution in [3.63, 3.8) is 0 Å². The molecule has 0 fully saturated rings. The Morgan fingerprint density at radius 2 is 2.13 bits per heavy atom. The molecule has 0 aliphatic carbocycles. The molecule has 0 saturated heterocycles. The van der Waals surface area contributed by atoms with Gasteiger partial charge in [-0.1, -0.05) is 35.5 Å². The summed E-state index contributed by atoms with van der Waals surface area (Å²) < 4.78 is 8.98. The summed E-state index contributed by atoms with van der Waals surface area (Å²) in [7, 11) is 0. The molecule has 4 aromatic rings. The van der Waals surface area contributed by atoms with E-state index in [0.29, 0.717) is 17.2 Å². The predicted octanol–water partition coefficient (Wildman–Crippen LogP) is 4.65. The highest BCUT2D eigenvalue weighted by atomic mass is 35.5. The maximum atomic E-state index is 11.9. The first-order chi connectivity index (χ1) is 11.2. The highest BCUT2D eigenvalue weighted by molar-refractivity contribution is 8.01. The van der Waals surface area contributed by atoms with Gasteiger partial charge in [0.25, 0.3) is 0 Å². The molecule has 0 saturated carbocycles. The molecular formula is C16H11ClN2O2S2. The lowest BCUT2D eigenvalue weighted by atomic mass is 10.3. The van der Waals surface area contributed by atoms with Gasteiger partial charge in [-0.2, -0.15) is 0 Å². The number of benzene rings is 2. The first-order valence-electron chi connectivity index (χ1n) is 6.98. The monoisotopic (exact) mass is 362 g/mol. The lowest BCUT2D eigenvalue weighted by molar-refractivity contribution is 0.514. The van der Waals surface area contributed by atoms with Crippen molar-refractivity contribution < 1.29 is 4.42 Å². The third-order valence-corrected chi connectivity index (χ3v) is 5.84. The third-order valence-electron chi connectivity index (χ3n) is 3.44. The normalized spacial score (nSPS) is 11.5. The van der Waals surface area contributed by atoms with E-state index >= 15 is 0 Å². The summed E-state index contributed by atoms with van der Waals surface area (Å²) in [5.74, 6) is 0.430. The fraction of sp³-hybridized carbons (Fsp3) is 0.125. The molecule has 0 atom stereocenters. The molecule has 0 aliphatic heterocycles. The van der Waals surface area contributed by atoms with E-state index < -0.39 is 0 Å². The topological polar surface area (TPSA) is 48.0 Å². The van der Waals surface area contributed by atoms with Crippen molar-refractivity contribution in [2.75, 3.05) is 5.75 Å². The average Bonchev–Trinajstić information content (AvgIpc) is 3.07. The summed E-state index contributed by atoms with van der Waals surface area (Å²) in [5.41, 5.74) is 2.36. The molecule has 0 amide bonds. The SMILES string of the molecule is O=c1oc2ccccc2n1CCSc1nc2cc(Cl)ccc2s1. The first-order valence-corrected chi connectivity index (χ1v) is 9.16. The Morgan fingerprint density at radius 1 is 1.26 bits per heavy atom. The number of nitrogens with zero attached hydrogens (tertiary/aromatic N) is 2. The molecule has 2 aromatic heterocycles. The highest BCUT2D eigenvalue weighted by Gasteiger charge is 2.09. The molecule has 0 N–H and O–H groups in total. The Kier molecular flexibility index (Phi) is 3.88. The molecule has 0 unspecified atom stereocenters. The highest BCUT2D eigenvalue weighted by Crippen LogP contribution is 2.31. The van der Waals surface area contributed by atoms with Gasteiger partial charge in [-0.25, -0.2) is 9.78 Å². The Hall–Kier alpha value is -1.76. The number of aromatic nitrogens is 2. The zero-order chi connectivity index (χ0) is 15.8. The van der Waals surface area contributed by atoms with Gasteiger partial charge in [0.15, 0.2) is 9.92 Å². The van der Waals surface area contributed by atoms with Crippen molar-refractivity contribution in [1.29, 1.82) is 0 Å². The van der Waals surface area contributed by atoms with E-state index in [1.807, 2.05) is 36.4 Å². The zero-order valence-corrected chi connectivity index (χ0v) is 14.2. The second-order valence-corrected chi connectivity index (χ2v) is 7.74. The Morgan fingerprint density at radius 3 is 3.04 bits per heavy atom. The Bertz CT molecular complexity index is 1050. The van der Waals surface area contributed by atoms with Gasteiger partial charge in [-0.05, 0) is 30.3 Å². The number of fused-ring (bicyclic) bond motifs is 2. The summed E-state index contributed by atoms with van der Waals surface area (Å²) in [6.45, 7) is 0.581. The van der Waals surface area contributed by atoms with Crippen LogP contribution in [0.3, 0.4) is 0 Å². The van der Waals surface area contributed by atoms with Crippen LogP contribution in [0.2, 0.25) is 5.02 Å². The quantitative estimate of drug-likeness (QED) is 0.496. The summed E-state index contributed by atoms with van der Waals surface area (Å²) in [5, 5.41) is 0.691. The maximum absolute atomic E-state index is 11.9. The van der Waals surface area contributed by atoms with Crippen molar-refractivity contribution in [3.05, 3.63) is 58.0 Å². The van der Waals surface area contributed by atoms with E-state index in [1.165, 1.54) is 0 Å². The van der Waals surface area contributed by atoms with E-state index in [4.69, 9.17) is 16.0 Å². The van der Waals surface area contributed by atoms with Gasteiger partial charge < -0.3 is 4.42 Å². The fourth-order valence-corrected chi connectivity index (χ4v) is 4.60. The fourth-order valence-electron chi connectivity index (χ4n) is 2.39. The minimum absolute atomic E-state index is 0.317. The Balaban J connectivity index is 1.52. The number of rotatable bonds is 4. The van der Waals surface area contributed by atoms with Gasteiger partial charge in [0, 0.05) is 17.3 Å². The first kappa shape index (κ1) is 14.8. The summed E-state index contributed by atoms with van der Waals surface area (Å²) in [4.78, 5) is 16.5. The van der Waals surface area contributed by atoms with Crippen molar-refractivity contribution in [2.45, 2.75) is 10.9 Å². The maximum Gasteiger partial charge on any atom is 0.419 e. The van der Waals surface area contributed by atoms with Crippen LogP contribution in [0, 0.1) is 0 Å². The standard InChI is InChI=1S/C16H11ClN2O2S2/c17-10-5-6-14-11(9-10)18-15(23-14)22-8-7-19-12-3-1-2-4-13(12)21-16(19)20/h1-6,9H,7-8H2. The number of oxazole rings is 1. The van der Waals surface area contributed by atoms with Gasteiger partial charge in [0.05, 0.1) is 15.7 Å². The van der Waals surface area contributed by atoms with Crippen LogP contribution in [0.15, 0.2) is 56.0 Å². The lowest BCUT2D eigenvalue weighted by Gasteiger charge is -2.00. The molecule has 2 aromatic carbocycles. The van der Waals surface area contributed by atoms with Crippen LogP contribution in [0.25, 0.3) is 21.3 Å². The smallest absolute Gasteiger partial charge is 0.408 e. The molecule has 4 nitrogen and oxygen atoms in total. The molecule has 0 aliphatic rings. The molecule has 2 heterocycles. The van der Waals surface area contributed by atoms with Gasteiger partial charge in [0.2, 0.25) is 0 Å². The van der Waals surface area contributed by atoms with Crippen LogP contribution < -0.4 is 5.76 Å². The lowest BCUT2D eigenvalue weighted by Crippen LogP contribution is -2.15. The number of hydrogen-bond acceptors (Lipinski definition) is 5. The second-order valence-electron chi connectivity index (χ2n) is 4.93. The Labute approximate surface area is 144 Å². The largest absolute Gasteiger partial charge is 0.419 e. The van der Waals surface area contributed by atoms with Gasteiger partial charge in [-0.15, -0.1) is 11.3 Å².